The average Bonchev–Trinajstić information content (AvgIpc) is 2.55. The van der Waals surface area contributed by atoms with E-state index in [2.05, 4.69) is 12.2 Å². The van der Waals surface area contributed by atoms with Gasteiger partial charge < -0.3 is 20.5 Å². The van der Waals surface area contributed by atoms with E-state index in [0.717, 1.165) is 18.6 Å². The van der Waals surface area contributed by atoms with Gasteiger partial charge in [-0.05, 0) is 25.5 Å². The Hall–Kier alpha value is -1.59. The summed E-state index contributed by atoms with van der Waals surface area (Å²) in [5.41, 5.74) is 5.78. The molecule has 5 heteroatoms. The van der Waals surface area contributed by atoms with Crippen molar-refractivity contribution in [1.82, 2.24) is 0 Å². The normalized spacial score (nSPS) is 25.0. The highest BCUT2D eigenvalue weighted by molar-refractivity contribution is 5.99. The molecule has 1 aliphatic rings. The first kappa shape index (κ1) is 18.7. The van der Waals surface area contributed by atoms with Crippen molar-refractivity contribution in [3.8, 4) is 5.75 Å². The summed E-state index contributed by atoms with van der Waals surface area (Å²) < 4.78 is 11.4. The number of nitrogens with one attached hydrogen (secondary N) is 1. The lowest BCUT2D eigenvalue weighted by molar-refractivity contribution is -0.166. The molecule has 0 aromatic heterocycles. The number of carbonyl (C=O) groups is 1. The van der Waals surface area contributed by atoms with Gasteiger partial charge in [0.1, 0.15) is 11.3 Å². The fraction of sp³-hybridized carbons (Fsp3) is 0.632. The minimum Gasteiger partial charge on any atom is -0.494 e. The molecule has 0 radical (unpaired) electrons. The van der Waals surface area contributed by atoms with E-state index in [4.69, 9.17) is 15.2 Å². The summed E-state index contributed by atoms with van der Waals surface area (Å²) in [7, 11) is 0. The van der Waals surface area contributed by atoms with Gasteiger partial charge in [-0.2, -0.15) is 0 Å². The summed E-state index contributed by atoms with van der Waals surface area (Å²) in [5.74, 6) is 0.585. The molecule has 1 fully saturated rings. The van der Waals surface area contributed by atoms with Gasteiger partial charge in [-0.15, -0.1) is 0 Å². The number of hydrogen-bond donors (Lipinski definition) is 2. The molecule has 3 N–H and O–H groups in total. The van der Waals surface area contributed by atoms with Crippen molar-refractivity contribution < 1.29 is 14.3 Å². The van der Waals surface area contributed by atoms with Crippen molar-refractivity contribution >= 4 is 11.6 Å². The van der Waals surface area contributed by atoms with E-state index in [1.807, 2.05) is 45.0 Å². The highest BCUT2D eigenvalue weighted by Crippen LogP contribution is 2.50. The van der Waals surface area contributed by atoms with Gasteiger partial charge in [-0.25, -0.2) is 0 Å². The molecule has 2 atom stereocenters. The van der Waals surface area contributed by atoms with Gasteiger partial charge in [0, 0.05) is 30.2 Å². The van der Waals surface area contributed by atoms with Crippen molar-refractivity contribution in [3.05, 3.63) is 24.3 Å². The number of nitrogens with two attached hydrogens (primary N) is 1. The molecular formula is C19H30N2O3. The van der Waals surface area contributed by atoms with Gasteiger partial charge in [-0.1, -0.05) is 33.3 Å². The fourth-order valence-electron chi connectivity index (χ4n) is 3.06. The van der Waals surface area contributed by atoms with Crippen LogP contribution in [0.1, 0.15) is 47.0 Å². The molecule has 0 bridgehead atoms. The fourth-order valence-corrected chi connectivity index (χ4v) is 3.06. The summed E-state index contributed by atoms with van der Waals surface area (Å²) in [4.78, 5) is 12.7. The number of unbranched alkanes of at least 4 members (excludes halogenated alkanes) is 1. The second-order valence-corrected chi connectivity index (χ2v) is 7.03. The summed E-state index contributed by atoms with van der Waals surface area (Å²) in [5, 5.41) is 2.93. The molecular weight excluding hydrogens is 304 g/mol. The molecule has 1 amide bonds. The molecule has 2 unspecified atom stereocenters. The van der Waals surface area contributed by atoms with E-state index >= 15 is 0 Å². The van der Waals surface area contributed by atoms with Crippen LogP contribution in [0.15, 0.2) is 24.3 Å². The summed E-state index contributed by atoms with van der Waals surface area (Å²) >= 11 is 0. The predicted octanol–water partition coefficient (Wildman–Crippen LogP) is 3.34. The maximum atomic E-state index is 12.7. The van der Waals surface area contributed by atoms with E-state index < -0.39 is 11.0 Å². The van der Waals surface area contributed by atoms with Crippen LogP contribution in [0.25, 0.3) is 0 Å². The van der Waals surface area contributed by atoms with Crippen molar-refractivity contribution in [2.24, 2.45) is 11.1 Å². The first-order chi connectivity index (χ1) is 11.3. The van der Waals surface area contributed by atoms with E-state index in [1.54, 1.807) is 0 Å². The van der Waals surface area contributed by atoms with Crippen LogP contribution >= 0.6 is 0 Å². The molecule has 0 heterocycles. The van der Waals surface area contributed by atoms with Gasteiger partial charge in [0.05, 0.1) is 12.7 Å². The monoisotopic (exact) mass is 334 g/mol. The predicted molar refractivity (Wildman–Crippen MR) is 96.2 cm³/mol. The Labute approximate surface area is 144 Å². The third kappa shape index (κ3) is 3.57. The number of ether oxygens (including phenoxy) is 2. The molecule has 134 valence electrons. The Balaban J connectivity index is 2.01. The third-order valence-electron chi connectivity index (χ3n) is 5.09. The zero-order valence-corrected chi connectivity index (χ0v) is 15.2. The number of rotatable bonds is 8. The van der Waals surface area contributed by atoms with Crippen LogP contribution in [0.4, 0.5) is 5.69 Å². The summed E-state index contributed by atoms with van der Waals surface area (Å²) in [6, 6.07) is 7.44. The van der Waals surface area contributed by atoms with Crippen molar-refractivity contribution in [1.29, 1.82) is 0 Å². The van der Waals surface area contributed by atoms with Crippen LogP contribution in [-0.4, -0.2) is 30.8 Å². The number of benzene rings is 1. The minimum absolute atomic E-state index is 0.0157. The van der Waals surface area contributed by atoms with Crippen molar-refractivity contribution in [2.75, 3.05) is 18.5 Å². The SMILES string of the molecule is CCCCOc1cccc(NC(=O)C2(N)CC(OCC)C2(C)C)c1. The molecule has 1 saturated carbocycles. The van der Waals surface area contributed by atoms with Crippen LogP contribution in [-0.2, 0) is 9.53 Å². The van der Waals surface area contributed by atoms with Gasteiger partial charge in [0.2, 0.25) is 5.91 Å². The smallest absolute Gasteiger partial charge is 0.245 e. The lowest BCUT2D eigenvalue weighted by atomic mass is 9.54. The van der Waals surface area contributed by atoms with Crippen LogP contribution in [0.2, 0.25) is 0 Å². The Morgan fingerprint density at radius 2 is 2.12 bits per heavy atom. The summed E-state index contributed by atoms with van der Waals surface area (Å²) in [6.45, 7) is 9.36. The minimum atomic E-state index is -0.925. The summed E-state index contributed by atoms with van der Waals surface area (Å²) in [6.07, 6.45) is 2.64. The molecule has 0 saturated heterocycles. The second-order valence-electron chi connectivity index (χ2n) is 7.03. The molecule has 24 heavy (non-hydrogen) atoms. The molecule has 5 nitrogen and oxygen atoms in total. The molecule has 1 aromatic carbocycles. The van der Waals surface area contributed by atoms with E-state index in [-0.39, 0.29) is 12.0 Å². The van der Waals surface area contributed by atoms with Crippen LogP contribution in [0.5, 0.6) is 5.75 Å². The first-order valence-electron chi connectivity index (χ1n) is 8.80. The highest BCUT2D eigenvalue weighted by atomic mass is 16.5. The van der Waals surface area contributed by atoms with Crippen molar-refractivity contribution in [3.63, 3.8) is 0 Å². The number of carbonyl (C=O) groups excluding carboxylic acids is 1. The molecule has 0 aliphatic heterocycles. The number of hydrogen-bond acceptors (Lipinski definition) is 4. The van der Waals surface area contributed by atoms with Gasteiger partial charge in [0.25, 0.3) is 0 Å². The zero-order valence-electron chi connectivity index (χ0n) is 15.2. The molecule has 2 rings (SSSR count). The molecule has 1 aliphatic carbocycles. The Bertz CT molecular complexity index is 573. The maximum Gasteiger partial charge on any atom is 0.245 e. The number of amides is 1. The Morgan fingerprint density at radius 3 is 2.75 bits per heavy atom. The van der Waals surface area contributed by atoms with Gasteiger partial charge in [0.15, 0.2) is 0 Å². The second kappa shape index (κ2) is 7.53. The molecule has 1 aromatic rings. The Morgan fingerprint density at radius 1 is 1.38 bits per heavy atom. The van der Waals surface area contributed by atoms with Gasteiger partial charge in [-0.3, -0.25) is 4.79 Å². The average molecular weight is 334 g/mol. The maximum absolute atomic E-state index is 12.7. The largest absolute Gasteiger partial charge is 0.494 e. The Kier molecular flexibility index (Phi) is 5.88. The number of anilines is 1. The first-order valence-corrected chi connectivity index (χ1v) is 8.80. The zero-order chi connectivity index (χ0) is 17.8. The standard InChI is InChI=1S/C19H30N2O3/c1-5-7-11-24-15-10-8-9-14(12-15)21-17(22)19(20)13-16(23-6-2)18(19,3)4/h8-10,12,16H,5-7,11,13,20H2,1-4H3,(H,21,22). The van der Waals surface area contributed by atoms with Gasteiger partial charge >= 0.3 is 0 Å². The quantitative estimate of drug-likeness (QED) is 0.715. The van der Waals surface area contributed by atoms with Crippen LogP contribution in [0, 0.1) is 5.41 Å². The topological polar surface area (TPSA) is 73.6 Å². The van der Waals surface area contributed by atoms with E-state index in [1.165, 1.54) is 0 Å². The highest BCUT2D eigenvalue weighted by Gasteiger charge is 2.62. The third-order valence-corrected chi connectivity index (χ3v) is 5.09. The van der Waals surface area contributed by atoms with E-state index in [0.29, 0.717) is 25.3 Å². The lowest BCUT2D eigenvalue weighted by Gasteiger charge is -2.57. The lowest BCUT2D eigenvalue weighted by Crippen LogP contribution is -2.74. The van der Waals surface area contributed by atoms with Crippen LogP contribution < -0.4 is 15.8 Å². The van der Waals surface area contributed by atoms with Crippen molar-refractivity contribution in [2.45, 2.75) is 58.6 Å². The molecule has 0 spiro atoms. The van der Waals surface area contributed by atoms with Crippen LogP contribution in [0.3, 0.4) is 0 Å². The van der Waals surface area contributed by atoms with E-state index in [9.17, 15) is 4.79 Å².